The number of nitrogens with zero attached hydrogens (tertiary/aromatic N) is 4. The molecule has 0 unspecified atom stereocenters. The Morgan fingerprint density at radius 1 is 1.39 bits per heavy atom. The Kier molecular flexibility index (Phi) is 4.06. The van der Waals surface area contributed by atoms with E-state index in [1.54, 1.807) is 12.5 Å². The Bertz CT molecular complexity index is 484. The molecule has 2 aromatic rings. The lowest BCUT2D eigenvalue weighted by atomic mass is 10.5. The van der Waals surface area contributed by atoms with Gasteiger partial charge in [0, 0.05) is 32.0 Å². The normalized spacial score (nSPS) is 10.3. The third-order valence-corrected chi connectivity index (χ3v) is 2.30. The fraction of sp³-hybridized carbons (Fsp3) is 0.364. The Labute approximate surface area is 104 Å². The first-order chi connectivity index (χ1) is 8.79. The molecule has 2 heterocycles. The van der Waals surface area contributed by atoms with Gasteiger partial charge in [-0.25, -0.2) is 14.4 Å². The first kappa shape index (κ1) is 12.3. The van der Waals surface area contributed by atoms with Gasteiger partial charge in [-0.05, 0) is 6.92 Å². The fourth-order valence-corrected chi connectivity index (χ4v) is 1.46. The highest BCUT2D eigenvalue weighted by Gasteiger charge is 2.05. The summed E-state index contributed by atoms with van der Waals surface area (Å²) in [6.45, 7) is 3.88. The van der Waals surface area contributed by atoms with Crippen molar-refractivity contribution < 1.29 is 4.39 Å². The molecule has 96 valence electrons. The van der Waals surface area contributed by atoms with Crippen LogP contribution in [0.2, 0.25) is 0 Å². The van der Waals surface area contributed by atoms with E-state index in [-0.39, 0.29) is 5.82 Å². The molecule has 0 fully saturated rings. The van der Waals surface area contributed by atoms with E-state index in [2.05, 4.69) is 25.6 Å². The largest absolute Gasteiger partial charge is 0.366 e. The number of hydrogen-bond acceptors (Lipinski definition) is 5. The van der Waals surface area contributed by atoms with Crippen LogP contribution in [0, 0.1) is 5.82 Å². The second-order valence-electron chi connectivity index (χ2n) is 3.65. The van der Waals surface area contributed by atoms with Crippen molar-refractivity contribution in [3.05, 3.63) is 30.7 Å². The van der Waals surface area contributed by atoms with Crippen molar-refractivity contribution in [2.24, 2.45) is 0 Å². The zero-order chi connectivity index (χ0) is 12.8. The molecule has 2 N–H and O–H groups in total. The van der Waals surface area contributed by atoms with Crippen molar-refractivity contribution in [2.45, 2.75) is 13.5 Å². The lowest BCUT2D eigenvalue weighted by Gasteiger charge is -2.08. The van der Waals surface area contributed by atoms with E-state index >= 15 is 0 Å². The van der Waals surface area contributed by atoms with Gasteiger partial charge in [-0.2, -0.15) is 4.98 Å². The highest BCUT2D eigenvalue weighted by molar-refractivity contribution is 5.40. The molecule has 0 aliphatic heterocycles. The predicted octanol–water partition coefficient (Wildman–Crippen LogP) is 1.36. The molecule has 0 aromatic carbocycles. The second kappa shape index (κ2) is 5.95. The standard InChI is InChI=1S/C11H15FN6/c1-2-14-11-16-7-9(12)10(17-11)15-4-6-18-5-3-13-8-18/h3,5,7-8H,2,4,6H2,1H3,(H2,14,15,16,17). The van der Waals surface area contributed by atoms with Crippen LogP contribution < -0.4 is 10.6 Å². The minimum absolute atomic E-state index is 0.209. The topological polar surface area (TPSA) is 67.7 Å². The molecule has 0 aliphatic carbocycles. The summed E-state index contributed by atoms with van der Waals surface area (Å²) in [5, 5.41) is 5.87. The van der Waals surface area contributed by atoms with E-state index in [1.807, 2.05) is 17.7 Å². The van der Waals surface area contributed by atoms with Gasteiger partial charge in [-0.3, -0.25) is 0 Å². The average Bonchev–Trinajstić information content (AvgIpc) is 2.86. The molecule has 2 rings (SSSR count). The van der Waals surface area contributed by atoms with Crippen LogP contribution in [0.4, 0.5) is 16.2 Å². The molecule has 2 aromatic heterocycles. The van der Waals surface area contributed by atoms with Gasteiger partial charge in [0.25, 0.3) is 0 Å². The molecule has 0 saturated heterocycles. The quantitative estimate of drug-likeness (QED) is 0.810. The van der Waals surface area contributed by atoms with E-state index < -0.39 is 5.82 Å². The maximum Gasteiger partial charge on any atom is 0.224 e. The number of aromatic nitrogens is 4. The van der Waals surface area contributed by atoms with Crippen LogP contribution in [0.15, 0.2) is 24.9 Å². The summed E-state index contributed by atoms with van der Waals surface area (Å²) in [5.41, 5.74) is 0. The summed E-state index contributed by atoms with van der Waals surface area (Å²) in [4.78, 5) is 11.8. The van der Waals surface area contributed by atoms with Gasteiger partial charge < -0.3 is 15.2 Å². The summed E-state index contributed by atoms with van der Waals surface area (Å²) in [7, 11) is 0. The van der Waals surface area contributed by atoms with Gasteiger partial charge in [0.05, 0.1) is 12.5 Å². The molecule has 0 atom stereocenters. The Hall–Kier alpha value is -2.18. The minimum atomic E-state index is -0.456. The SMILES string of the molecule is CCNc1ncc(F)c(NCCn2ccnc2)n1. The van der Waals surface area contributed by atoms with Crippen LogP contribution in [-0.4, -0.2) is 32.6 Å². The Morgan fingerprint density at radius 2 is 2.28 bits per heavy atom. The molecule has 0 aliphatic rings. The number of halogens is 1. The molecule has 6 nitrogen and oxygen atoms in total. The van der Waals surface area contributed by atoms with E-state index in [4.69, 9.17) is 0 Å². The van der Waals surface area contributed by atoms with Crippen molar-refractivity contribution in [3.63, 3.8) is 0 Å². The Balaban J connectivity index is 1.93. The minimum Gasteiger partial charge on any atom is -0.366 e. The summed E-state index contributed by atoms with van der Waals surface area (Å²) >= 11 is 0. The fourth-order valence-electron chi connectivity index (χ4n) is 1.46. The van der Waals surface area contributed by atoms with Gasteiger partial charge in [0.2, 0.25) is 5.95 Å². The third kappa shape index (κ3) is 3.16. The lowest BCUT2D eigenvalue weighted by Crippen LogP contribution is -2.13. The predicted molar refractivity (Wildman–Crippen MR) is 66.9 cm³/mol. The zero-order valence-electron chi connectivity index (χ0n) is 10.1. The number of nitrogens with one attached hydrogen (secondary N) is 2. The van der Waals surface area contributed by atoms with E-state index in [0.29, 0.717) is 25.6 Å². The molecule has 18 heavy (non-hydrogen) atoms. The highest BCUT2D eigenvalue weighted by atomic mass is 19.1. The van der Waals surface area contributed by atoms with Gasteiger partial charge in [-0.15, -0.1) is 0 Å². The molecule has 0 amide bonds. The molecular formula is C11H15FN6. The van der Waals surface area contributed by atoms with Crippen LogP contribution in [0.3, 0.4) is 0 Å². The van der Waals surface area contributed by atoms with Crippen LogP contribution in [-0.2, 0) is 6.54 Å². The van der Waals surface area contributed by atoms with Gasteiger partial charge in [0.1, 0.15) is 0 Å². The molecule has 0 bridgehead atoms. The lowest BCUT2D eigenvalue weighted by molar-refractivity contribution is 0.614. The second-order valence-corrected chi connectivity index (χ2v) is 3.65. The first-order valence-electron chi connectivity index (χ1n) is 5.75. The molecule has 0 radical (unpaired) electrons. The molecular weight excluding hydrogens is 235 g/mol. The molecule has 0 saturated carbocycles. The summed E-state index contributed by atoms with van der Waals surface area (Å²) < 4.78 is 15.3. The Morgan fingerprint density at radius 3 is 3.00 bits per heavy atom. The van der Waals surface area contributed by atoms with Gasteiger partial charge in [0.15, 0.2) is 11.6 Å². The number of anilines is 2. The van der Waals surface area contributed by atoms with Crippen molar-refractivity contribution in [1.29, 1.82) is 0 Å². The van der Waals surface area contributed by atoms with Crippen molar-refractivity contribution in [1.82, 2.24) is 19.5 Å². The van der Waals surface area contributed by atoms with E-state index in [1.165, 1.54) is 0 Å². The first-order valence-corrected chi connectivity index (χ1v) is 5.75. The van der Waals surface area contributed by atoms with Gasteiger partial charge in [-0.1, -0.05) is 0 Å². The van der Waals surface area contributed by atoms with E-state index in [9.17, 15) is 4.39 Å². The van der Waals surface area contributed by atoms with Crippen molar-refractivity contribution in [3.8, 4) is 0 Å². The smallest absolute Gasteiger partial charge is 0.224 e. The maximum absolute atomic E-state index is 13.4. The third-order valence-electron chi connectivity index (χ3n) is 2.30. The average molecular weight is 250 g/mol. The van der Waals surface area contributed by atoms with Crippen molar-refractivity contribution >= 4 is 11.8 Å². The number of hydrogen-bond donors (Lipinski definition) is 2. The van der Waals surface area contributed by atoms with Crippen LogP contribution in [0.25, 0.3) is 0 Å². The molecule has 0 spiro atoms. The summed E-state index contributed by atoms with van der Waals surface area (Å²) in [5.74, 6) is 0.174. The highest BCUT2D eigenvalue weighted by Crippen LogP contribution is 2.11. The maximum atomic E-state index is 13.4. The monoisotopic (exact) mass is 250 g/mol. The van der Waals surface area contributed by atoms with Crippen molar-refractivity contribution in [2.75, 3.05) is 23.7 Å². The van der Waals surface area contributed by atoms with Crippen LogP contribution >= 0.6 is 0 Å². The summed E-state index contributed by atoms with van der Waals surface area (Å²) in [6.07, 6.45) is 6.42. The van der Waals surface area contributed by atoms with Crippen LogP contribution in [0.5, 0.6) is 0 Å². The van der Waals surface area contributed by atoms with Gasteiger partial charge >= 0.3 is 0 Å². The van der Waals surface area contributed by atoms with Crippen LogP contribution in [0.1, 0.15) is 6.92 Å². The number of imidazole rings is 1. The zero-order valence-corrected chi connectivity index (χ0v) is 10.1. The number of rotatable bonds is 6. The summed E-state index contributed by atoms with van der Waals surface area (Å²) in [6, 6.07) is 0. The van der Waals surface area contributed by atoms with E-state index in [0.717, 1.165) is 6.20 Å². The molecule has 7 heteroatoms.